The Hall–Kier alpha value is -4.92. The van der Waals surface area contributed by atoms with Crippen molar-refractivity contribution in [2.45, 2.75) is 19.5 Å². The summed E-state index contributed by atoms with van der Waals surface area (Å²) in [6.07, 6.45) is 8.62. The Balaban J connectivity index is 1.66. The van der Waals surface area contributed by atoms with Crippen molar-refractivity contribution < 1.29 is 28.5 Å². The van der Waals surface area contributed by atoms with E-state index in [9.17, 15) is 9.90 Å². The summed E-state index contributed by atoms with van der Waals surface area (Å²) in [5.41, 5.74) is 5.24. The second kappa shape index (κ2) is 10.8. The number of rotatable bonds is 9. The topological polar surface area (TPSA) is 108 Å². The Morgan fingerprint density at radius 3 is 2.49 bits per heavy atom. The van der Waals surface area contributed by atoms with E-state index < -0.39 is 6.04 Å². The number of fused-ring (bicyclic) bond motifs is 1. The third-order valence-electron chi connectivity index (χ3n) is 6.79. The molecule has 1 atom stereocenters. The van der Waals surface area contributed by atoms with E-state index in [2.05, 4.69) is 10.3 Å². The van der Waals surface area contributed by atoms with Crippen LogP contribution in [0, 0.1) is 0 Å². The fourth-order valence-electron chi connectivity index (χ4n) is 4.88. The summed E-state index contributed by atoms with van der Waals surface area (Å²) in [7, 11) is 4.59. The smallest absolute Gasteiger partial charge is 0.248 e. The number of benzene rings is 2. The summed E-state index contributed by atoms with van der Waals surface area (Å²) >= 11 is 0. The first kappa shape index (κ1) is 25.7. The molecule has 2 N–H and O–H groups in total. The second-order valence-corrected chi connectivity index (χ2v) is 8.99. The molecule has 200 valence electrons. The fraction of sp³-hybridized carbons (Fsp3) is 0.200. The molecule has 39 heavy (non-hydrogen) atoms. The van der Waals surface area contributed by atoms with Crippen LogP contribution in [0.25, 0.3) is 17.2 Å². The highest BCUT2D eigenvalue weighted by Gasteiger charge is 2.34. The number of aromatic hydroxyl groups is 1. The molecule has 0 saturated carbocycles. The molecule has 0 spiro atoms. The van der Waals surface area contributed by atoms with Crippen molar-refractivity contribution in [1.29, 1.82) is 0 Å². The molecule has 4 aromatic rings. The lowest BCUT2D eigenvalue weighted by Crippen LogP contribution is -2.32. The molecule has 0 bridgehead atoms. The maximum atomic E-state index is 13.8. The van der Waals surface area contributed by atoms with Crippen LogP contribution in [0.2, 0.25) is 0 Å². The van der Waals surface area contributed by atoms with Crippen LogP contribution in [0.4, 0.5) is 0 Å². The fourth-order valence-corrected chi connectivity index (χ4v) is 4.88. The zero-order valence-electron chi connectivity index (χ0n) is 22.1. The van der Waals surface area contributed by atoms with Crippen LogP contribution < -0.4 is 19.5 Å². The first-order chi connectivity index (χ1) is 18.9. The van der Waals surface area contributed by atoms with Gasteiger partial charge in [-0.25, -0.2) is 4.98 Å². The van der Waals surface area contributed by atoms with E-state index in [0.717, 1.165) is 33.4 Å². The molecule has 0 saturated heterocycles. The van der Waals surface area contributed by atoms with Crippen molar-refractivity contribution >= 4 is 23.1 Å². The maximum absolute atomic E-state index is 13.8. The molecular weight excluding hydrogens is 498 g/mol. The molecule has 9 nitrogen and oxygen atoms in total. The molecule has 2 aromatic carbocycles. The van der Waals surface area contributed by atoms with Gasteiger partial charge in [-0.1, -0.05) is 6.07 Å². The number of hydrogen-bond acceptors (Lipinski definition) is 7. The number of carbonyl (C=O) groups is 1. The Morgan fingerprint density at radius 2 is 1.87 bits per heavy atom. The molecule has 1 unspecified atom stereocenters. The van der Waals surface area contributed by atoms with Gasteiger partial charge in [0.05, 0.1) is 40.5 Å². The Labute approximate surface area is 226 Å². The number of amides is 1. The number of aromatic nitrogens is 2. The quantitative estimate of drug-likeness (QED) is 0.312. The molecule has 1 aliphatic carbocycles. The van der Waals surface area contributed by atoms with Gasteiger partial charge in [-0.3, -0.25) is 4.79 Å². The number of phenols is 1. The van der Waals surface area contributed by atoms with Crippen LogP contribution in [-0.2, 0) is 11.3 Å². The molecule has 9 heteroatoms. The molecule has 0 fully saturated rings. The van der Waals surface area contributed by atoms with Gasteiger partial charge >= 0.3 is 0 Å². The first-order valence-corrected chi connectivity index (χ1v) is 12.3. The van der Waals surface area contributed by atoms with Crippen LogP contribution in [-0.4, -0.2) is 41.9 Å². The van der Waals surface area contributed by atoms with E-state index in [1.165, 1.54) is 14.2 Å². The van der Waals surface area contributed by atoms with Crippen molar-refractivity contribution in [2.75, 3.05) is 21.3 Å². The van der Waals surface area contributed by atoms with Gasteiger partial charge in [-0.05, 0) is 82.8 Å². The number of allylic oxidation sites excluding steroid dienone is 2. The van der Waals surface area contributed by atoms with Crippen molar-refractivity contribution in [2.24, 2.45) is 0 Å². The predicted molar refractivity (Wildman–Crippen MR) is 146 cm³/mol. The Morgan fingerprint density at radius 1 is 1.10 bits per heavy atom. The van der Waals surface area contributed by atoms with E-state index in [1.807, 2.05) is 37.3 Å². The minimum absolute atomic E-state index is 0.0694. The van der Waals surface area contributed by atoms with E-state index in [-0.39, 0.29) is 18.2 Å². The molecular formula is C30H29N3O6. The summed E-state index contributed by atoms with van der Waals surface area (Å²) < 4.78 is 23.5. The van der Waals surface area contributed by atoms with Crippen molar-refractivity contribution in [1.82, 2.24) is 14.9 Å². The van der Waals surface area contributed by atoms with Gasteiger partial charge in [0.25, 0.3) is 0 Å². The number of hydrogen-bond donors (Lipinski definition) is 2. The predicted octanol–water partition coefficient (Wildman–Crippen LogP) is 5.09. The third-order valence-corrected chi connectivity index (χ3v) is 6.79. The van der Waals surface area contributed by atoms with E-state index in [4.69, 9.17) is 18.6 Å². The second-order valence-electron chi connectivity index (χ2n) is 8.99. The maximum Gasteiger partial charge on any atom is 0.248 e. The summed E-state index contributed by atoms with van der Waals surface area (Å²) in [5, 5.41) is 13.4. The summed E-state index contributed by atoms with van der Waals surface area (Å²) in [4.78, 5) is 18.0. The Kier molecular flexibility index (Phi) is 7.14. The zero-order chi connectivity index (χ0) is 27.5. The molecule has 2 heterocycles. The standard InChI is InChI=1S/C30H29N3O6/c1-18-23(12-19-13-25(37-3)29(34)26(14-19)38-4)22-8-7-20(36-2)15-24(22)27(18)28(33-10-9-31-17-33)30(35)32-16-21-6-5-11-39-21/h5-15,17,28,34H,16H2,1-4H3,(H,32,35). The minimum Gasteiger partial charge on any atom is -0.502 e. The summed E-state index contributed by atoms with van der Waals surface area (Å²) in [6, 6.07) is 12.2. The largest absolute Gasteiger partial charge is 0.502 e. The molecule has 0 radical (unpaired) electrons. The highest BCUT2D eigenvalue weighted by Crippen LogP contribution is 2.48. The monoisotopic (exact) mass is 527 g/mol. The van der Waals surface area contributed by atoms with E-state index >= 15 is 0 Å². The van der Waals surface area contributed by atoms with Gasteiger partial charge in [-0.2, -0.15) is 0 Å². The van der Waals surface area contributed by atoms with Gasteiger partial charge in [0, 0.05) is 12.4 Å². The van der Waals surface area contributed by atoms with Crippen LogP contribution in [0.3, 0.4) is 0 Å². The van der Waals surface area contributed by atoms with Crippen molar-refractivity contribution in [3.8, 4) is 23.0 Å². The lowest BCUT2D eigenvalue weighted by Gasteiger charge is -2.21. The molecule has 1 amide bonds. The first-order valence-electron chi connectivity index (χ1n) is 12.3. The number of ether oxygens (including phenoxy) is 3. The van der Waals surface area contributed by atoms with Gasteiger partial charge in [-0.15, -0.1) is 0 Å². The third kappa shape index (κ3) is 4.86. The van der Waals surface area contributed by atoms with Crippen LogP contribution in [0.1, 0.15) is 35.4 Å². The normalized spacial score (nSPS) is 14.3. The zero-order valence-corrected chi connectivity index (χ0v) is 22.1. The number of phenolic OH excluding ortho intramolecular Hbond substituents is 1. The highest BCUT2D eigenvalue weighted by molar-refractivity contribution is 6.10. The lowest BCUT2D eigenvalue weighted by atomic mass is 9.97. The van der Waals surface area contributed by atoms with Gasteiger partial charge in [0.1, 0.15) is 17.6 Å². The van der Waals surface area contributed by atoms with Crippen molar-refractivity contribution in [3.63, 3.8) is 0 Å². The Bertz CT molecular complexity index is 1530. The number of carbonyl (C=O) groups excluding carboxylic acids is 1. The van der Waals surface area contributed by atoms with Crippen LogP contribution in [0.5, 0.6) is 23.0 Å². The number of imidazole rings is 1. The van der Waals surface area contributed by atoms with Gasteiger partial charge in [0.15, 0.2) is 11.5 Å². The molecule has 2 aromatic heterocycles. The van der Waals surface area contributed by atoms with Crippen LogP contribution in [0.15, 0.2) is 77.4 Å². The number of furan rings is 1. The summed E-state index contributed by atoms with van der Waals surface area (Å²) in [5.74, 6) is 1.65. The minimum atomic E-state index is -0.705. The SMILES string of the molecule is COc1ccc2c(c1)C(C(C(=O)NCc1ccco1)n1ccnc1)=C(C)C2=Cc1cc(OC)c(O)c(OC)c1. The van der Waals surface area contributed by atoms with Gasteiger partial charge < -0.3 is 33.6 Å². The molecule has 5 rings (SSSR count). The van der Waals surface area contributed by atoms with Gasteiger partial charge in [0.2, 0.25) is 11.7 Å². The summed E-state index contributed by atoms with van der Waals surface area (Å²) in [6.45, 7) is 2.25. The average molecular weight is 528 g/mol. The van der Waals surface area contributed by atoms with E-state index in [1.54, 1.807) is 54.9 Å². The molecule has 1 aliphatic rings. The number of nitrogens with zero attached hydrogens (tertiary/aromatic N) is 2. The lowest BCUT2D eigenvalue weighted by molar-refractivity contribution is -0.123. The molecule has 0 aliphatic heterocycles. The number of methoxy groups -OCH3 is 3. The number of nitrogens with one attached hydrogen (secondary N) is 1. The van der Waals surface area contributed by atoms with Crippen LogP contribution >= 0.6 is 0 Å². The van der Waals surface area contributed by atoms with Crippen molar-refractivity contribution in [3.05, 3.63) is 95.5 Å². The highest BCUT2D eigenvalue weighted by atomic mass is 16.5. The average Bonchev–Trinajstić information content (AvgIpc) is 3.72. The van der Waals surface area contributed by atoms with E-state index in [0.29, 0.717) is 23.0 Å².